The second kappa shape index (κ2) is 10.5. The lowest BCUT2D eigenvalue weighted by Gasteiger charge is -2.33. The molecule has 0 radical (unpaired) electrons. The van der Waals surface area contributed by atoms with E-state index in [0.717, 1.165) is 56.4 Å². The van der Waals surface area contributed by atoms with Gasteiger partial charge in [-0.25, -0.2) is 18.7 Å². The van der Waals surface area contributed by atoms with Crippen LogP contribution in [0.15, 0.2) is 66.0 Å². The van der Waals surface area contributed by atoms with Crippen LogP contribution in [0, 0.1) is 17.6 Å². The molecule has 1 aromatic heterocycles. The van der Waals surface area contributed by atoms with Gasteiger partial charge in [-0.2, -0.15) is 0 Å². The van der Waals surface area contributed by atoms with E-state index in [2.05, 4.69) is 44.5 Å². The zero-order valence-corrected chi connectivity index (χ0v) is 18.3. The van der Waals surface area contributed by atoms with Gasteiger partial charge in [0.1, 0.15) is 16.7 Å². The summed E-state index contributed by atoms with van der Waals surface area (Å²) in [6.45, 7) is 1.76. The van der Waals surface area contributed by atoms with Gasteiger partial charge in [0.15, 0.2) is 5.82 Å². The Kier molecular flexibility index (Phi) is 7.32. The summed E-state index contributed by atoms with van der Waals surface area (Å²) in [4.78, 5) is 23.4. The number of anilines is 2. The quantitative estimate of drug-likeness (QED) is 0.512. The topological polar surface area (TPSA) is 58.1 Å². The first-order valence-corrected chi connectivity index (χ1v) is 11.5. The molecule has 0 spiro atoms. The number of carbonyl (C=O) groups excluding carboxylic acids is 1. The molecule has 0 saturated carbocycles. The number of amides is 1. The van der Waals surface area contributed by atoms with Crippen LogP contribution in [0.3, 0.4) is 0 Å². The van der Waals surface area contributed by atoms with E-state index < -0.39 is 17.5 Å². The molecule has 3 aromatic rings. The Hall–Kier alpha value is -3.00. The maximum absolute atomic E-state index is 13.8. The summed E-state index contributed by atoms with van der Waals surface area (Å²) in [6, 6.07) is 13.5. The average molecular weight is 455 g/mol. The Morgan fingerprint density at radius 3 is 2.59 bits per heavy atom. The summed E-state index contributed by atoms with van der Waals surface area (Å²) in [6.07, 6.45) is 6.45. The third kappa shape index (κ3) is 5.82. The number of rotatable bonds is 7. The van der Waals surface area contributed by atoms with E-state index in [-0.39, 0.29) is 11.4 Å². The molecule has 5 nitrogen and oxygen atoms in total. The molecule has 1 N–H and O–H groups in total. The fourth-order valence-corrected chi connectivity index (χ4v) is 4.63. The van der Waals surface area contributed by atoms with Crippen LogP contribution in [-0.2, 0) is 11.2 Å². The predicted octanol–water partition coefficient (Wildman–Crippen LogP) is 4.94. The van der Waals surface area contributed by atoms with E-state index in [0.29, 0.717) is 10.9 Å². The minimum Gasteiger partial charge on any atom is -0.354 e. The molecule has 2 heterocycles. The maximum Gasteiger partial charge on any atom is 0.234 e. The highest BCUT2D eigenvalue weighted by molar-refractivity contribution is 8.00. The zero-order valence-electron chi connectivity index (χ0n) is 17.5. The molecule has 0 unspecified atom stereocenters. The highest BCUT2D eigenvalue weighted by Crippen LogP contribution is 2.30. The summed E-state index contributed by atoms with van der Waals surface area (Å²) in [7, 11) is 0. The number of carbonyl (C=O) groups is 1. The number of piperidine rings is 1. The normalized spacial score (nSPS) is 14.4. The number of halogens is 2. The van der Waals surface area contributed by atoms with Gasteiger partial charge in [-0.1, -0.05) is 42.1 Å². The smallest absolute Gasteiger partial charge is 0.234 e. The zero-order chi connectivity index (χ0) is 22.3. The largest absolute Gasteiger partial charge is 0.354 e. The number of nitrogens with zero attached hydrogens (tertiary/aromatic N) is 3. The van der Waals surface area contributed by atoms with Gasteiger partial charge in [0.2, 0.25) is 5.91 Å². The van der Waals surface area contributed by atoms with Crippen LogP contribution < -0.4 is 10.2 Å². The van der Waals surface area contributed by atoms with Crippen LogP contribution in [0.4, 0.5) is 20.3 Å². The molecule has 32 heavy (non-hydrogen) atoms. The lowest BCUT2D eigenvalue weighted by molar-refractivity contribution is -0.113. The third-order valence-electron chi connectivity index (χ3n) is 5.47. The van der Waals surface area contributed by atoms with Crippen molar-refractivity contribution in [2.24, 2.45) is 5.92 Å². The molecule has 0 aliphatic carbocycles. The summed E-state index contributed by atoms with van der Waals surface area (Å²) in [5, 5.41) is 3.07. The maximum atomic E-state index is 13.8. The molecular formula is C24H24F2N4OS. The van der Waals surface area contributed by atoms with Crippen molar-refractivity contribution in [2.45, 2.75) is 24.3 Å². The molecule has 1 amide bonds. The van der Waals surface area contributed by atoms with Crippen molar-refractivity contribution in [2.75, 3.05) is 29.1 Å². The van der Waals surface area contributed by atoms with Crippen LogP contribution in [0.5, 0.6) is 0 Å². The molecule has 166 valence electrons. The molecular weight excluding hydrogens is 430 g/mol. The monoisotopic (exact) mass is 454 g/mol. The van der Waals surface area contributed by atoms with Crippen LogP contribution in [0.1, 0.15) is 18.4 Å². The Labute approximate surface area is 190 Å². The molecule has 1 aliphatic rings. The van der Waals surface area contributed by atoms with E-state index in [1.165, 1.54) is 17.3 Å². The van der Waals surface area contributed by atoms with Gasteiger partial charge < -0.3 is 10.2 Å². The van der Waals surface area contributed by atoms with E-state index >= 15 is 0 Å². The van der Waals surface area contributed by atoms with Gasteiger partial charge in [-0.3, -0.25) is 4.79 Å². The summed E-state index contributed by atoms with van der Waals surface area (Å²) in [5.74, 6) is -0.303. The molecule has 1 saturated heterocycles. The van der Waals surface area contributed by atoms with Crippen LogP contribution in [0.25, 0.3) is 0 Å². The van der Waals surface area contributed by atoms with Crippen LogP contribution in [0.2, 0.25) is 0 Å². The Balaban J connectivity index is 1.33. The standard InChI is InChI=1S/C24H24F2N4OS/c25-19-6-7-20(26)21(15-19)29-22(31)16-32-24-23(27-10-11-28-24)30-12-8-18(9-13-30)14-17-4-2-1-3-5-17/h1-7,10-11,15,18H,8-9,12-14,16H2,(H,29,31). The van der Waals surface area contributed by atoms with Crippen molar-refractivity contribution >= 4 is 29.2 Å². The van der Waals surface area contributed by atoms with E-state index in [4.69, 9.17) is 0 Å². The highest BCUT2D eigenvalue weighted by Gasteiger charge is 2.23. The number of hydrogen-bond donors (Lipinski definition) is 1. The van der Waals surface area contributed by atoms with E-state index in [1.54, 1.807) is 12.4 Å². The molecule has 4 rings (SSSR count). The fraction of sp³-hybridized carbons (Fsp3) is 0.292. The first-order chi connectivity index (χ1) is 15.6. The Morgan fingerprint density at radius 2 is 1.81 bits per heavy atom. The number of benzene rings is 2. The molecule has 8 heteroatoms. The molecule has 1 aliphatic heterocycles. The van der Waals surface area contributed by atoms with Gasteiger partial charge in [0, 0.05) is 31.5 Å². The average Bonchev–Trinajstić information content (AvgIpc) is 2.81. The summed E-state index contributed by atoms with van der Waals surface area (Å²) >= 11 is 1.24. The van der Waals surface area contributed by atoms with Gasteiger partial charge >= 0.3 is 0 Å². The SMILES string of the molecule is O=C(CSc1nccnc1N1CCC(Cc2ccccc2)CC1)Nc1cc(F)ccc1F. The van der Waals surface area contributed by atoms with Crippen LogP contribution >= 0.6 is 11.8 Å². The summed E-state index contributed by atoms with van der Waals surface area (Å²) in [5.41, 5.74) is 1.19. The van der Waals surface area contributed by atoms with Crippen molar-refractivity contribution in [3.8, 4) is 0 Å². The van der Waals surface area contributed by atoms with Crippen molar-refractivity contribution < 1.29 is 13.6 Å². The lowest BCUT2D eigenvalue weighted by atomic mass is 9.90. The highest BCUT2D eigenvalue weighted by atomic mass is 32.2. The van der Waals surface area contributed by atoms with Crippen molar-refractivity contribution in [3.05, 3.63) is 78.1 Å². The number of aromatic nitrogens is 2. The first-order valence-electron chi connectivity index (χ1n) is 10.6. The number of nitrogens with one attached hydrogen (secondary N) is 1. The molecule has 0 bridgehead atoms. The Morgan fingerprint density at radius 1 is 1.06 bits per heavy atom. The molecule has 1 fully saturated rings. The molecule has 0 atom stereocenters. The van der Waals surface area contributed by atoms with E-state index in [1.807, 2.05) is 6.07 Å². The lowest BCUT2D eigenvalue weighted by Crippen LogP contribution is -2.35. The van der Waals surface area contributed by atoms with Crippen molar-refractivity contribution in [1.29, 1.82) is 0 Å². The number of hydrogen-bond acceptors (Lipinski definition) is 5. The van der Waals surface area contributed by atoms with Gasteiger partial charge in [-0.05, 0) is 42.9 Å². The third-order valence-corrected chi connectivity index (χ3v) is 6.44. The Bertz CT molecular complexity index is 1060. The van der Waals surface area contributed by atoms with E-state index in [9.17, 15) is 13.6 Å². The minimum absolute atomic E-state index is 0.0200. The second-order valence-corrected chi connectivity index (χ2v) is 8.73. The predicted molar refractivity (Wildman–Crippen MR) is 123 cm³/mol. The minimum atomic E-state index is -0.677. The van der Waals surface area contributed by atoms with Gasteiger partial charge in [0.25, 0.3) is 0 Å². The molecule has 2 aromatic carbocycles. The van der Waals surface area contributed by atoms with Gasteiger partial charge in [-0.15, -0.1) is 0 Å². The summed E-state index contributed by atoms with van der Waals surface area (Å²) < 4.78 is 27.1. The van der Waals surface area contributed by atoms with Crippen molar-refractivity contribution in [1.82, 2.24) is 9.97 Å². The fourth-order valence-electron chi connectivity index (χ4n) is 3.85. The van der Waals surface area contributed by atoms with Crippen molar-refractivity contribution in [3.63, 3.8) is 0 Å². The van der Waals surface area contributed by atoms with Crippen LogP contribution in [-0.4, -0.2) is 34.7 Å². The number of thioether (sulfide) groups is 1. The van der Waals surface area contributed by atoms with Gasteiger partial charge in [0.05, 0.1) is 11.4 Å². The first kappa shape index (κ1) is 22.2. The second-order valence-electron chi connectivity index (χ2n) is 7.77.